The third-order valence-corrected chi connectivity index (χ3v) is 6.28. The maximum absolute atomic E-state index is 13.0. The van der Waals surface area contributed by atoms with Gasteiger partial charge in [-0.3, -0.25) is 4.79 Å². The Bertz CT molecular complexity index is 735. The highest BCUT2D eigenvalue weighted by Crippen LogP contribution is 2.31. The van der Waals surface area contributed by atoms with Crippen LogP contribution in [0.3, 0.4) is 0 Å². The number of carbonyl (C=O) groups excluding carboxylic acids is 1. The molecule has 4 heteroatoms. The van der Waals surface area contributed by atoms with Crippen molar-refractivity contribution in [3.05, 3.63) is 51.0 Å². The molecular weight excluding hydrogens is 316 g/mol. The zero-order valence-corrected chi connectivity index (χ0v) is 15.8. The van der Waals surface area contributed by atoms with Crippen molar-refractivity contribution in [1.82, 2.24) is 9.88 Å². The van der Waals surface area contributed by atoms with Crippen molar-refractivity contribution in [2.24, 2.45) is 0 Å². The Labute approximate surface area is 148 Å². The Morgan fingerprint density at radius 2 is 2.04 bits per heavy atom. The lowest BCUT2D eigenvalue weighted by atomic mass is 9.88. The van der Waals surface area contributed by atoms with Crippen LogP contribution >= 0.6 is 11.3 Å². The van der Waals surface area contributed by atoms with Crippen LogP contribution in [-0.4, -0.2) is 28.9 Å². The van der Waals surface area contributed by atoms with Gasteiger partial charge in [-0.15, -0.1) is 11.3 Å². The number of benzene rings is 1. The smallest absolute Gasteiger partial charge is 0.265 e. The van der Waals surface area contributed by atoms with Gasteiger partial charge in [0.15, 0.2) is 0 Å². The maximum Gasteiger partial charge on any atom is 0.265 e. The van der Waals surface area contributed by atoms with E-state index in [0.717, 1.165) is 41.5 Å². The minimum Gasteiger partial charge on any atom is -0.337 e. The summed E-state index contributed by atoms with van der Waals surface area (Å²) < 4.78 is 0. The van der Waals surface area contributed by atoms with E-state index in [1.165, 1.54) is 11.1 Å². The summed E-state index contributed by atoms with van der Waals surface area (Å²) in [6, 6.07) is 8.56. The molecule has 1 fully saturated rings. The summed E-state index contributed by atoms with van der Waals surface area (Å²) in [6.07, 6.45) is 2.23. The number of hydrogen-bond donors (Lipinski definition) is 0. The van der Waals surface area contributed by atoms with Crippen molar-refractivity contribution in [2.45, 2.75) is 52.4 Å². The highest BCUT2D eigenvalue weighted by Gasteiger charge is 2.28. The molecule has 1 amide bonds. The molecule has 1 atom stereocenters. The lowest BCUT2D eigenvalue weighted by Crippen LogP contribution is -2.39. The van der Waals surface area contributed by atoms with Gasteiger partial charge >= 0.3 is 0 Å². The molecule has 1 saturated heterocycles. The molecule has 1 aliphatic rings. The van der Waals surface area contributed by atoms with Crippen molar-refractivity contribution in [2.75, 3.05) is 13.1 Å². The molecule has 1 aromatic carbocycles. The summed E-state index contributed by atoms with van der Waals surface area (Å²) in [4.78, 5) is 20.5. The molecule has 0 N–H and O–H groups in total. The molecule has 1 aromatic heterocycles. The predicted octanol–water partition coefficient (Wildman–Crippen LogP) is 4.90. The largest absolute Gasteiger partial charge is 0.337 e. The number of piperidine rings is 1. The normalized spacial score (nSPS) is 18.2. The molecule has 0 bridgehead atoms. The Morgan fingerprint density at radius 3 is 2.71 bits per heavy atom. The van der Waals surface area contributed by atoms with Gasteiger partial charge in [0.05, 0.1) is 10.7 Å². The molecule has 0 aliphatic carbocycles. The number of nitrogens with zero attached hydrogens (tertiary/aromatic N) is 2. The molecule has 3 nitrogen and oxygen atoms in total. The summed E-state index contributed by atoms with van der Waals surface area (Å²) in [5.41, 5.74) is 3.60. The van der Waals surface area contributed by atoms with E-state index in [4.69, 9.17) is 0 Å². The topological polar surface area (TPSA) is 33.2 Å². The summed E-state index contributed by atoms with van der Waals surface area (Å²) in [6.45, 7) is 10.0. The van der Waals surface area contributed by atoms with Crippen LogP contribution in [0.1, 0.15) is 70.0 Å². The van der Waals surface area contributed by atoms with Crippen LogP contribution in [0.25, 0.3) is 0 Å². The lowest BCUT2D eigenvalue weighted by Gasteiger charge is -2.33. The summed E-state index contributed by atoms with van der Waals surface area (Å²) in [7, 11) is 0. The van der Waals surface area contributed by atoms with E-state index in [-0.39, 0.29) is 5.91 Å². The van der Waals surface area contributed by atoms with Gasteiger partial charge < -0.3 is 4.90 Å². The number of hydrogen-bond acceptors (Lipinski definition) is 3. The van der Waals surface area contributed by atoms with E-state index in [9.17, 15) is 4.79 Å². The number of rotatable bonds is 3. The number of amides is 1. The zero-order chi connectivity index (χ0) is 17.3. The van der Waals surface area contributed by atoms with Crippen molar-refractivity contribution in [1.29, 1.82) is 0 Å². The third-order valence-electron chi connectivity index (χ3n) is 4.84. The van der Waals surface area contributed by atoms with E-state index in [0.29, 0.717) is 11.8 Å². The van der Waals surface area contributed by atoms with Crippen LogP contribution in [0.2, 0.25) is 0 Å². The van der Waals surface area contributed by atoms with Gasteiger partial charge in [0.25, 0.3) is 5.91 Å². The van der Waals surface area contributed by atoms with Gasteiger partial charge in [-0.25, -0.2) is 4.98 Å². The average Bonchev–Trinajstić information content (AvgIpc) is 2.97. The number of thiazole rings is 1. The molecule has 0 unspecified atom stereocenters. The van der Waals surface area contributed by atoms with Gasteiger partial charge in [0.2, 0.25) is 0 Å². The summed E-state index contributed by atoms with van der Waals surface area (Å²) in [5, 5.41) is 1.06. The van der Waals surface area contributed by atoms with Gasteiger partial charge in [-0.1, -0.05) is 38.1 Å². The van der Waals surface area contributed by atoms with Crippen LogP contribution in [0.5, 0.6) is 0 Å². The fourth-order valence-electron chi connectivity index (χ4n) is 3.47. The van der Waals surface area contributed by atoms with Gasteiger partial charge in [-0.2, -0.15) is 0 Å². The second-order valence-corrected chi connectivity index (χ2v) is 8.10. The fourth-order valence-corrected chi connectivity index (χ4v) is 4.50. The van der Waals surface area contributed by atoms with Gasteiger partial charge in [0, 0.05) is 24.9 Å². The third kappa shape index (κ3) is 3.39. The highest BCUT2D eigenvalue weighted by molar-refractivity contribution is 7.13. The van der Waals surface area contributed by atoms with E-state index in [1.54, 1.807) is 11.3 Å². The van der Waals surface area contributed by atoms with Crippen molar-refractivity contribution >= 4 is 17.2 Å². The molecule has 1 aliphatic heterocycles. The molecule has 0 spiro atoms. The Kier molecular flexibility index (Phi) is 5.04. The first kappa shape index (κ1) is 17.2. The quantitative estimate of drug-likeness (QED) is 0.794. The standard InChI is InChI=1S/C20H26N2OS/c1-13(2)19-21-15(4)18(24-19)20(23)22-11-7-9-16(12-22)17-10-6-5-8-14(17)3/h5-6,8,10,13,16H,7,9,11-12H2,1-4H3/t16-/m0/s1. The van der Waals surface area contributed by atoms with Crippen LogP contribution in [0.4, 0.5) is 0 Å². The SMILES string of the molecule is Cc1ccccc1[C@H]1CCCN(C(=O)c2sc(C(C)C)nc2C)C1. The Hall–Kier alpha value is -1.68. The van der Waals surface area contributed by atoms with Crippen LogP contribution in [0, 0.1) is 13.8 Å². The summed E-state index contributed by atoms with van der Waals surface area (Å²) >= 11 is 1.57. The van der Waals surface area contributed by atoms with Gasteiger partial charge in [0.1, 0.15) is 4.88 Å². The van der Waals surface area contributed by atoms with Crippen LogP contribution < -0.4 is 0 Å². The average molecular weight is 343 g/mol. The summed E-state index contributed by atoms with van der Waals surface area (Å²) in [5.74, 6) is 0.980. The van der Waals surface area contributed by atoms with E-state index in [1.807, 2.05) is 11.8 Å². The van der Waals surface area contributed by atoms with Crippen molar-refractivity contribution < 1.29 is 4.79 Å². The predicted molar refractivity (Wildman–Crippen MR) is 100.0 cm³/mol. The lowest BCUT2D eigenvalue weighted by molar-refractivity contribution is 0.0711. The van der Waals surface area contributed by atoms with E-state index >= 15 is 0 Å². The first-order valence-electron chi connectivity index (χ1n) is 8.79. The molecule has 2 aromatic rings. The minimum atomic E-state index is 0.162. The number of aryl methyl sites for hydroxylation is 2. The molecule has 0 radical (unpaired) electrons. The minimum absolute atomic E-state index is 0.162. The van der Waals surface area contributed by atoms with E-state index < -0.39 is 0 Å². The first-order valence-corrected chi connectivity index (χ1v) is 9.61. The number of likely N-dealkylation sites (tertiary alicyclic amines) is 1. The van der Waals surface area contributed by atoms with Crippen LogP contribution in [-0.2, 0) is 0 Å². The van der Waals surface area contributed by atoms with Crippen molar-refractivity contribution in [3.8, 4) is 0 Å². The molecule has 24 heavy (non-hydrogen) atoms. The fraction of sp³-hybridized carbons (Fsp3) is 0.500. The number of aromatic nitrogens is 1. The van der Waals surface area contributed by atoms with E-state index in [2.05, 4.69) is 50.0 Å². The molecular formula is C20H26N2OS. The second kappa shape index (κ2) is 7.06. The van der Waals surface area contributed by atoms with Crippen LogP contribution in [0.15, 0.2) is 24.3 Å². The molecule has 2 heterocycles. The molecule has 0 saturated carbocycles. The zero-order valence-electron chi connectivity index (χ0n) is 15.0. The Balaban J connectivity index is 1.80. The molecule has 3 rings (SSSR count). The number of carbonyl (C=O) groups is 1. The maximum atomic E-state index is 13.0. The molecule has 128 valence electrons. The first-order chi connectivity index (χ1) is 11.5. The Morgan fingerprint density at radius 1 is 1.29 bits per heavy atom. The second-order valence-electron chi connectivity index (χ2n) is 7.07. The monoisotopic (exact) mass is 342 g/mol. The van der Waals surface area contributed by atoms with Crippen molar-refractivity contribution in [3.63, 3.8) is 0 Å². The highest BCUT2D eigenvalue weighted by atomic mass is 32.1. The van der Waals surface area contributed by atoms with Gasteiger partial charge in [-0.05, 0) is 37.8 Å².